The highest BCUT2D eigenvalue weighted by Crippen LogP contribution is 2.57. The van der Waals surface area contributed by atoms with Crippen molar-refractivity contribution in [3.63, 3.8) is 0 Å². The largest absolute Gasteiger partial charge is 0.392 e. The third-order valence-corrected chi connectivity index (χ3v) is 5.00. The summed E-state index contributed by atoms with van der Waals surface area (Å²) in [6.07, 6.45) is 4.95. The molecule has 3 unspecified atom stereocenters. The van der Waals surface area contributed by atoms with Crippen molar-refractivity contribution < 1.29 is 9.50 Å². The van der Waals surface area contributed by atoms with Crippen LogP contribution in [0.2, 0.25) is 5.02 Å². The van der Waals surface area contributed by atoms with Crippen molar-refractivity contribution in [2.24, 2.45) is 17.8 Å². The Hall–Kier alpha value is -0.600. The first-order valence-electron chi connectivity index (χ1n) is 6.79. The zero-order valence-corrected chi connectivity index (χ0v) is 11.0. The Labute approximate surface area is 112 Å². The van der Waals surface area contributed by atoms with Crippen LogP contribution in [0.5, 0.6) is 0 Å². The summed E-state index contributed by atoms with van der Waals surface area (Å²) in [5.74, 6) is 1.44. The van der Waals surface area contributed by atoms with Gasteiger partial charge in [-0.2, -0.15) is 0 Å². The lowest BCUT2D eigenvalue weighted by Gasteiger charge is -2.12. The maximum Gasteiger partial charge on any atom is 0.127 e. The number of aliphatic hydroxyl groups excluding tert-OH is 1. The predicted molar refractivity (Wildman–Crippen MR) is 70.1 cm³/mol. The maximum atomic E-state index is 13.7. The molecular weight excluding hydrogens is 251 g/mol. The van der Waals surface area contributed by atoms with Gasteiger partial charge in [0.25, 0.3) is 0 Å². The van der Waals surface area contributed by atoms with Gasteiger partial charge in [-0.1, -0.05) is 30.5 Å². The molecule has 3 heteroatoms. The molecule has 0 aromatic heterocycles. The molecule has 18 heavy (non-hydrogen) atoms. The van der Waals surface area contributed by atoms with Gasteiger partial charge in [0.2, 0.25) is 0 Å². The average Bonchev–Trinajstić information content (AvgIpc) is 3.08. The van der Waals surface area contributed by atoms with Gasteiger partial charge >= 0.3 is 0 Å². The number of rotatable bonds is 3. The van der Waals surface area contributed by atoms with E-state index >= 15 is 0 Å². The number of hydrogen-bond acceptors (Lipinski definition) is 1. The van der Waals surface area contributed by atoms with Crippen LogP contribution >= 0.6 is 11.6 Å². The van der Waals surface area contributed by atoms with E-state index < -0.39 is 6.10 Å². The van der Waals surface area contributed by atoms with Crippen molar-refractivity contribution in [1.29, 1.82) is 0 Å². The van der Waals surface area contributed by atoms with E-state index in [9.17, 15) is 9.50 Å². The Bertz CT molecular complexity index is 416. The molecule has 0 amide bonds. The second-order valence-corrected chi connectivity index (χ2v) is 6.07. The quantitative estimate of drug-likeness (QED) is 0.884. The lowest BCUT2D eigenvalue weighted by atomic mass is 10.0. The number of fused-ring (bicyclic) bond motifs is 1. The summed E-state index contributed by atoms with van der Waals surface area (Å²) in [6.45, 7) is 0. The summed E-state index contributed by atoms with van der Waals surface area (Å²) in [4.78, 5) is 0. The monoisotopic (exact) mass is 268 g/mol. The van der Waals surface area contributed by atoms with Gasteiger partial charge in [-0.3, -0.25) is 0 Å². The highest BCUT2D eigenvalue weighted by molar-refractivity contribution is 6.31. The summed E-state index contributed by atoms with van der Waals surface area (Å²) >= 11 is 6.00. The highest BCUT2D eigenvalue weighted by Gasteiger charge is 2.53. The number of halogens is 2. The van der Waals surface area contributed by atoms with Crippen LogP contribution in [0.15, 0.2) is 18.2 Å². The molecule has 2 aliphatic rings. The van der Waals surface area contributed by atoms with Gasteiger partial charge in [-0.05, 0) is 42.7 Å². The van der Waals surface area contributed by atoms with E-state index in [-0.39, 0.29) is 5.82 Å². The molecule has 0 radical (unpaired) electrons. The molecule has 2 aliphatic carbocycles. The van der Waals surface area contributed by atoms with E-state index in [1.807, 2.05) is 0 Å². The SMILES string of the molecule is OC(Cc1c(F)cccc1Cl)C1C2CCCCC21. The standard InChI is InChI=1S/C15H18ClFO/c16-12-6-3-7-13(17)11(12)8-14(18)15-9-4-1-2-5-10(9)15/h3,6-7,9-10,14-15,18H,1-2,4-5,8H2. The maximum absolute atomic E-state index is 13.7. The fourth-order valence-corrected chi connectivity index (χ4v) is 3.93. The molecule has 0 bridgehead atoms. The molecule has 0 heterocycles. The molecule has 2 fully saturated rings. The van der Waals surface area contributed by atoms with Gasteiger partial charge in [0.1, 0.15) is 5.82 Å². The Morgan fingerprint density at radius 2 is 1.94 bits per heavy atom. The summed E-state index contributed by atoms with van der Waals surface area (Å²) in [6, 6.07) is 4.70. The van der Waals surface area contributed by atoms with E-state index in [4.69, 9.17) is 11.6 Å². The third kappa shape index (κ3) is 2.17. The topological polar surface area (TPSA) is 20.2 Å². The molecular formula is C15H18ClFO. The summed E-state index contributed by atoms with van der Waals surface area (Å²) in [5, 5.41) is 10.7. The molecule has 1 nitrogen and oxygen atoms in total. The lowest BCUT2D eigenvalue weighted by molar-refractivity contribution is 0.139. The fraction of sp³-hybridized carbons (Fsp3) is 0.600. The molecule has 1 aromatic rings. The number of hydrogen-bond donors (Lipinski definition) is 1. The Kier molecular flexibility index (Phi) is 3.33. The van der Waals surface area contributed by atoms with Crippen molar-refractivity contribution >= 4 is 11.6 Å². The van der Waals surface area contributed by atoms with Crippen LogP contribution in [-0.4, -0.2) is 11.2 Å². The van der Waals surface area contributed by atoms with Gasteiger partial charge in [0.05, 0.1) is 6.10 Å². The predicted octanol–water partition coefficient (Wildman–Crippen LogP) is 3.82. The molecule has 0 aliphatic heterocycles. The summed E-state index contributed by atoms with van der Waals surface area (Å²) in [5.41, 5.74) is 0.468. The second kappa shape index (κ2) is 4.82. The van der Waals surface area contributed by atoms with Crippen LogP contribution in [0, 0.1) is 23.6 Å². The Morgan fingerprint density at radius 1 is 1.28 bits per heavy atom. The second-order valence-electron chi connectivity index (χ2n) is 5.66. The first-order chi connectivity index (χ1) is 8.68. The molecule has 1 N–H and O–H groups in total. The molecule has 0 spiro atoms. The van der Waals surface area contributed by atoms with E-state index in [1.54, 1.807) is 12.1 Å². The fourth-order valence-electron chi connectivity index (χ4n) is 3.69. The first kappa shape index (κ1) is 12.4. The minimum atomic E-state index is -0.438. The number of benzene rings is 1. The van der Waals surface area contributed by atoms with Crippen molar-refractivity contribution in [3.05, 3.63) is 34.6 Å². The van der Waals surface area contributed by atoms with E-state index in [0.29, 0.717) is 34.8 Å². The normalized spacial score (nSPS) is 31.8. The van der Waals surface area contributed by atoms with Crippen LogP contribution in [0.3, 0.4) is 0 Å². The Balaban J connectivity index is 1.70. The van der Waals surface area contributed by atoms with E-state index in [0.717, 1.165) is 0 Å². The zero-order valence-electron chi connectivity index (χ0n) is 10.3. The number of aliphatic hydroxyl groups is 1. The van der Waals surface area contributed by atoms with Crippen LogP contribution in [-0.2, 0) is 6.42 Å². The third-order valence-electron chi connectivity index (χ3n) is 4.64. The minimum absolute atomic E-state index is 0.301. The van der Waals surface area contributed by atoms with Crippen molar-refractivity contribution in [3.8, 4) is 0 Å². The van der Waals surface area contributed by atoms with Gasteiger partial charge in [-0.25, -0.2) is 4.39 Å². The minimum Gasteiger partial charge on any atom is -0.392 e. The average molecular weight is 269 g/mol. The van der Waals surface area contributed by atoms with Gasteiger partial charge in [0.15, 0.2) is 0 Å². The van der Waals surface area contributed by atoms with Crippen LogP contribution < -0.4 is 0 Å². The summed E-state index contributed by atoms with van der Waals surface area (Å²) < 4.78 is 13.7. The van der Waals surface area contributed by atoms with Crippen molar-refractivity contribution in [2.45, 2.75) is 38.2 Å². The van der Waals surface area contributed by atoms with Crippen LogP contribution in [0.1, 0.15) is 31.2 Å². The van der Waals surface area contributed by atoms with Crippen LogP contribution in [0.25, 0.3) is 0 Å². The highest BCUT2D eigenvalue weighted by atomic mass is 35.5. The Morgan fingerprint density at radius 3 is 2.56 bits per heavy atom. The zero-order chi connectivity index (χ0) is 12.7. The molecule has 3 atom stereocenters. The van der Waals surface area contributed by atoms with Crippen molar-refractivity contribution in [2.75, 3.05) is 0 Å². The van der Waals surface area contributed by atoms with Gasteiger partial charge in [-0.15, -0.1) is 0 Å². The van der Waals surface area contributed by atoms with E-state index in [1.165, 1.54) is 31.7 Å². The molecule has 98 valence electrons. The van der Waals surface area contributed by atoms with Crippen LogP contribution in [0.4, 0.5) is 4.39 Å². The van der Waals surface area contributed by atoms with Crippen molar-refractivity contribution in [1.82, 2.24) is 0 Å². The van der Waals surface area contributed by atoms with Gasteiger partial charge in [0, 0.05) is 17.0 Å². The van der Waals surface area contributed by atoms with Gasteiger partial charge < -0.3 is 5.11 Å². The van der Waals surface area contributed by atoms with E-state index in [2.05, 4.69) is 0 Å². The molecule has 1 aromatic carbocycles. The lowest BCUT2D eigenvalue weighted by Crippen LogP contribution is -2.16. The molecule has 2 saturated carbocycles. The first-order valence-corrected chi connectivity index (χ1v) is 7.17. The summed E-state index contributed by atoms with van der Waals surface area (Å²) in [7, 11) is 0. The smallest absolute Gasteiger partial charge is 0.127 e. The molecule has 0 saturated heterocycles. The molecule has 3 rings (SSSR count).